The Morgan fingerprint density at radius 3 is 2.94 bits per heavy atom. The molecule has 0 aliphatic carbocycles. The van der Waals surface area contributed by atoms with Crippen LogP contribution < -0.4 is 11.1 Å². The number of nitrogens with one attached hydrogen (secondary N) is 1. The third-order valence-electron chi connectivity index (χ3n) is 2.52. The van der Waals surface area contributed by atoms with Gasteiger partial charge in [-0.05, 0) is 18.6 Å². The van der Waals surface area contributed by atoms with Crippen LogP contribution in [0.2, 0.25) is 0 Å². The molecule has 0 aliphatic rings. The quantitative estimate of drug-likeness (QED) is 0.823. The molecule has 0 aromatic carbocycles. The highest BCUT2D eigenvalue weighted by molar-refractivity contribution is 7.80. The molecule has 1 atom stereocenters. The number of aromatic nitrogens is 2. The minimum absolute atomic E-state index is 0.166. The van der Waals surface area contributed by atoms with Gasteiger partial charge in [-0.25, -0.2) is 9.97 Å². The van der Waals surface area contributed by atoms with Gasteiger partial charge in [-0.2, -0.15) is 0 Å². The Balaban J connectivity index is 2.17. The Morgan fingerprint density at radius 2 is 2.33 bits per heavy atom. The molecule has 0 saturated heterocycles. The second-order valence-electron chi connectivity index (χ2n) is 3.77. The number of pyridine rings is 1. The largest absolute Gasteiger partial charge is 0.389 e. The molecule has 4 nitrogen and oxygen atoms in total. The van der Waals surface area contributed by atoms with E-state index in [4.69, 9.17) is 18.0 Å². The molecule has 0 saturated carbocycles. The molecule has 1 unspecified atom stereocenters. The number of anilines is 1. The van der Waals surface area contributed by atoms with Crippen LogP contribution in [0.5, 0.6) is 0 Å². The van der Waals surface area contributed by atoms with E-state index < -0.39 is 0 Å². The summed E-state index contributed by atoms with van der Waals surface area (Å²) < 4.78 is 0. The van der Waals surface area contributed by atoms with Crippen molar-refractivity contribution in [2.75, 3.05) is 5.32 Å². The molecular formula is C12H14N4S2. The molecule has 0 radical (unpaired) electrons. The number of hydrogen-bond donors (Lipinski definition) is 2. The van der Waals surface area contributed by atoms with E-state index in [9.17, 15) is 0 Å². The molecule has 18 heavy (non-hydrogen) atoms. The zero-order chi connectivity index (χ0) is 13.0. The fraction of sp³-hybridized carbons (Fsp3) is 0.250. The maximum Gasteiger partial charge on any atom is 0.127 e. The van der Waals surface area contributed by atoms with Gasteiger partial charge in [0.1, 0.15) is 15.8 Å². The van der Waals surface area contributed by atoms with Crippen LogP contribution in [-0.2, 0) is 0 Å². The number of nitrogens with two attached hydrogens (primary N) is 1. The summed E-state index contributed by atoms with van der Waals surface area (Å²) in [6, 6.07) is 3.83. The van der Waals surface area contributed by atoms with E-state index in [1.54, 1.807) is 23.6 Å². The van der Waals surface area contributed by atoms with E-state index in [0.717, 1.165) is 22.8 Å². The van der Waals surface area contributed by atoms with Crippen molar-refractivity contribution < 1.29 is 0 Å². The Morgan fingerprint density at radius 1 is 1.50 bits per heavy atom. The molecule has 0 aliphatic heterocycles. The molecule has 94 valence electrons. The van der Waals surface area contributed by atoms with E-state index in [1.807, 2.05) is 17.6 Å². The van der Waals surface area contributed by atoms with Gasteiger partial charge in [0, 0.05) is 23.3 Å². The summed E-state index contributed by atoms with van der Waals surface area (Å²) in [5.41, 5.74) is 6.42. The molecule has 0 amide bonds. The first-order valence-electron chi connectivity index (χ1n) is 5.62. The summed E-state index contributed by atoms with van der Waals surface area (Å²) in [6.07, 6.45) is 4.45. The first kappa shape index (κ1) is 12.9. The van der Waals surface area contributed by atoms with Crippen molar-refractivity contribution in [1.82, 2.24) is 9.97 Å². The highest BCUT2D eigenvalue weighted by Crippen LogP contribution is 2.23. The van der Waals surface area contributed by atoms with Crippen LogP contribution in [0.1, 0.15) is 30.0 Å². The lowest BCUT2D eigenvalue weighted by Crippen LogP contribution is -2.13. The maximum atomic E-state index is 5.61. The molecular weight excluding hydrogens is 264 g/mol. The lowest BCUT2D eigenvalue weighted by Gasteiger charge is -2.15. The summed E-state index contributed by atoms with van der Waals surface area (Å²) in [4.78, 5) is 8.97. The molecule has 0 spiro atoms. The second-order valence-corrected chi connectivity index (χ2v) is 5.14. The first-order valence-corrected chi connectivity index (χ1v) is 6.91. The minimum Gasteiger partial charge on any atom is -0.389 e. The van der Waals surface area contributed by atoms with Gasteiger partial charge in [-0.3, -0.25) is 0 Å². The lowest BCUT2D eigenvalue weighted by atomic mass is 10.2. The van der Waals surface area contributed by atoms with Gasteiger partial charge in [0.2, 0.25) is 0 Å². The van der Waals surface area contributed by atoms with Crippen LogP contribution >= 0.6 is 23.6 Å². The van der Waals surface area contributed by atoms with Gasteiger partial charge in [0.25, 0.3) is 0 Å². The molecule has 0 fully saturated rings. The Hall–Kier alpha value is -1.53. The zero-order valence-electron chi connectivity index (χ0n) is 9.96. The maximum absolute atomic E-state index is 5.61. The van der Waals surface area contributed by atoms with Crippen LogP contribution in [0, 0.1) is 0 Å². The van der Waals surface area contributed by atoms with Crippen molar-refractivity contribution in [3.63, 3.8) is 0 Å². The van der Waals surface area contributed by atoms with Crippen molar-refractivity contribution >= 4 is 34.4 Å². The van der Waals surface area contributed by atoms with Crippen molar-refractivity contribution in [1.29, 1.82) is 0 Å². The first-order chi connectivity index (χ1) is 8.70. The van der Waals surface area contributed by atoms with Gasteiger partial charge < -0.3 is 11.1 Å². The Labute approximate surface area is 115 Å². The molecule has 3 N–H and O–H groups in total. The normalized spacial score (nSPS) is 12.1. The molecule has 2 aromatic rings. The molecule has 2 aromatic heterocycles. The van der Waals surface area contributed by atoms with Crippen LogP contribution in [0.25, 0.3) is 0 Å². The topological polar surface area (TPSA) is 63.8 Å². The average molecular weight is 278 g/mol. The minimum atomic E-state index is 0.166. The number of thiazole rings is 1. The molecule has 6 heteroatoms. The predicted octanol–water partition coefficient (Wildman–Crippen LogP) is 2.74. The monoisotopic (exact) mass is 278 g/mol. The molecule has 2 rings (SSSR count). The molecule has 0 bridgehead atoms. The van der Waals surface area contributed by atoms with E-state index >= 15 is 0 Å². The van der Waals surface area contributed by atoms with Crippen molar-refractivity contribution in [3.8, 4) is 0 Å². The summed E-state index contributed by atoms with van der Waals surface area (Å²) in [5, 5.41) is 6.37. The smallest absolute Gasteiger partial charge is 0.127 e. The van der Waals surface area contributed by atoms with Gasteiger partial charge in [0.05, 0.1) is 6.04 Å². The Bertz CT molecular complexity index is 525. The highest BCUT2D eigenvalue weighted by atomic mass is 32.1. The average Bonchev–Trinajstić information content (AvgIpc) is 2.90. The van der Waals surface area contributed by atoms with Crippen LogP contribution in [-0.4, -0.2) is 15.0 Å². The van der Waals surface area contributed by atoms with E-state index in [1.165, 1.54) is 0 Å². The van der Waals surface area contributed by atoms with Gasteiger partial charge in [-0.15, -0.1) is 11.3 Å². The van der Waals surface area contributed by atoms with Crippen LogP contribution in [0.3, 0.4) is 0 Å². The van der Waals surface area contributed by atoms with E-state index in [0.29, 0.717) is 4.99 Å². The standard InChI is InChI=1S/C12H14N4S2/c1-2-9(12-15-5-6-18-12)16-10-7-8(11(13)17)3-4-14-10/h3-7,9H,2H2,1H3,(H2,13,17)(H,14,16). The van der Waals surface area contributed by atoms with Crippen molar-refractivity contribution in [2.24, 2.45) is 5.73 Å². The summed E-state index contributed by atoms with van der Waals surface area (Å²) in [7, 11) is 0. The van der Waals surface area contributed by atoms with Crippen molar-refractivity contribution in [3.05, 3.63) is 40.5 Å². The second kappa shape index (κ2) is 5.88. The summed E-state index contributed by atoms with van der Waals surface area (Å²) in [6.45, 7) is 2.11. The summed E-state index contributed by atoms with van der Waals surface area (Å²) in [5.74, 6) is 0.766. The van der Waals surface area contributed by atoms with Gasteiger partial charge >= 0.3 is 0 Å². The number of rotatable bonds is 5. The van der Waals surface area contributed by atoms with Gasteiger partial charge in [-0.1, -0.05) is 19.1 Å². The van der Waals surface area contributed by atoms with Gasteiger partial charge in [0.15, 0.2) is 0 Å². The van der Waals surface area contributed by atoms with Crippen molar-refractivity contribution in [2.45, 2.75) is 19.4 Å². The number of hydrogen-bond acceptors (Lipinski definition) is 5. The third-order valence-corrected chi connectivity index (χ3v) is 3.65. The fourth-order valence-electron chi connectivity index (χ4n) is 1.59. The SMILES string of the molecule is CCC(Nc1cc(C(N)=S)ccn1)c1nccs1. The third kappa shape index (κ3) is 3.02. The number of nitrogens with zero attached hydrogens (tertiary/aromatic N) is 2. The van der Waals surface area contributed by atoms with E-state index in [-0.39, 0.29) is 6.04 Å². The Kier molecular flexibility index (Phi) is 4.22. The zero-order valence-corrected chi connectivity index (χ0v) is 11.6. The molecule has 2 heterocycles. The number of thiocarbonyl (C=S) groups is 1. The summed E-state index contributed by atoms with van der Waals surface area (Å²) >= 11 is 6.59. The van der Waals surface area contributed by atoms with E-state index in [2.05, 4.69) is 22.2 Å². The fourth-order valence-corrected chi connectivity index (χ4v) is 2.49. The lowest BCUT2D eigenvalue weighted by molar-refractivity contribution is 0.737. The van der Waals surface area contributed by atoms with Crippen LogP contribution in [0.4, 0.5) is 5.82 Å². The van der Waals surface area contributed by atoms with Crippen LogP contribution in [0.15, 0.2) is 29.9 Å². The predicted molar refractivity (Wildman–Crippen MR) is 78.9 cm³/mol. The highest BCUT2D eigenvalue weighted by Gasteiger charge is 2.12.